The van der Waals surface area contributed by atoms with Crippen LogP contribution in [0.4, 0.5) is 8.78 Å². The van der Waals surface area contributed by atoms with Gasteiger partial charge in [-0.3, -0.25) is 0 Å². The van der Waals surface area contributed by atoms with Gasteiger partial charge in [-0.05, 0) is 41.7 Å². The third-order valence-electron chi connectivity index (χ3n) is 4.36. The van der Waals surface area contributed by atoms with E-state index in [-0.39, 0.29) is 5.56 Å². The summed E-state index contributed by atoms with van der Waals surface area (Å²) >= 11 is 3.11. The normalized spacial score (nSPS) is 14.4. The minimum atomic E-state index is -0.459. The van der Waals surface area contributed by atoms with E-state index in [9.17, 15) is 8.78 Å². The van der Waals surface area contributed by atoms with Gasteiger partial charge in [-0.25, -0.2) is 8.78 Å². The molecule has 2 aromatic rings. The maximum absolute atomic E-state index is 14.6. The molecule has 0 atom stereocenters. The van der Waals surface area contributed by atoms with Crippen molar-refractivity contribution in [1.29, 1.82) is 0 Å². The second-order valence-corrected chi connectivity index (χ2v) is 8.78. The predicted molar refractivity (Wildman–Crippen MR) is 108 cm³/mol. The highest BCUT2D eigenvalue weighted by Gasteiger charge is 2.26. The maximum atomic E-state index is 14.6. The molecule has 25 heavy (non-hydrogen) atoms. The number of unbranched alkanes of at least 4 members (excludes halogenated alkanes) is 2. The maximum Gasteiger partial charge on any atom is 0.270 e. The van der Waals surface area contributed by atoms with Crippen LogP contribution in [0.2, 0.25) is 0 Å². The van der Waals surface area contributed by atoms with E-state index in [2.05, 4.69) is 19.1 Å². The fourth-order valence-corrected chi connectivity index (χ4v) is 5.60. The van der Waals surface area contributed by atoms with Gasteiger partial charge < -0.3 is 0 Å². The van der Waals surface area contributed by atoms with Crippen molar-refractivity contribution in [3.8, 4) is 11.1 Å². The van der Waals surface area contributed by atoms with Crippen LogP contribution in [0.5, 0.6) is 0 Å². The van der Waals surface area contributed by atoms with Crippen LogP contribution in [-0.2, 0) is 17.8 Å². The summed E-state index contributed by atoms with van der Waals surface area (Å²) in [6.45, 7) is 2.19. The summed E-state index contributed by atoms with van der Waals surface area (Å²) in [6, 6.07) is 11.0. The molecular formula is C21H23F2S2+. The highest BCUT2D eigenvalue weighted by atomic mass is 32.2. The number of rotatable bonds is 6. The molecule has 2 aromatic carbocycles. The van der Waals surface area contributed by atoms with E-state index in [1.165, 1.54) is 37.0 Å². The van der Waals surface area contributed by atoms with Crippen molar-refractivity contribution in [2.45, 2.75) is 39.0 Å². The molecule has 0 bridgehead atoms. The molecule has 0 N–H and O–H groups in total. The molecule has 0 saturated heterocycles. The number of hydrogen-bond donors (Lipinski definition) is 0. The Morgan fingerprint density at radius 3 is 2.32 bits per heavy atom. The van der Waals surface area contributed by atoms with E-state index in [1.807, 2.05) is 12.1 Å². The highest BCUT2D eigenvalue weighted by Crippen LogP contribution is 2.28. The Labute approximate surface area is 157 Å². The summed E-state index contributed by atoms with van der Waals surface area (Å²) in [5.74, 6) is 0.947. The Bertz CT molecular complexity index is 728. The van der Waals surface area contributed by atoms with Gasteiger partial charge in [0, 0.05) is 12.2 Å². The molecule has 0 fully saturated rings. The molecule has 132 valence electrons. The van der Waals surface area contributed by atoms with Crippen molar-refractivity contribution in [2.75, 3.05) is 11.5 Å². The third kappa shape index (κ3) is 4.68. The molecule has 1 aliphatic heterocycles. The van der Waals surface area contributed by atoms with Gasteiger partial charge in [0.2, 0.25) is 0 Å². The zero-order chi connectivity index (χ0) is 17.6. The average Bonchev–Trinajstić information content (AvgIpc) is 2.63. The Morgan fingerprint density at radius 1 is 1.00 bits per heavy atom. The van der Waals surface area contributed by atoms with Gasteiger partial charge in [0.25, 0.3) is 4.20 Å². The van der Waals surface area contributed by atoms with Gasteiger partial charge in [-0.1, -0.05) is 55.8 Å². The van der Waals surface area contributed by atoms with Crippen LogP contribution in [0, 0.1) is 11.6 Å². The molecule has 0 spiro atoms. The lowest BCUT2D eigenvalue weighted by atomic mass is 10.00. The molecule has 0 aromatic heterocycles. The van der Waals surface area contributed by atoms with Crippen molar-refractivity contribution >= 4 is 27.3 Å². The molecule has 0 nitrogen and oxygen atoms in total. The van der Waals surface area contributed by atoms with E-state index in [4.69, 9.17) is 0 Å². The second kappa shape index (κ2) is 8.91. The summed E-state index contributed by atoms with van der Waals surface area (Å²) < 4.78 is 29.9. The van der Waals surface area contributed by atoms with Gasteiger partial charge in [-0.2, -0.15) is 0 Å². The monoisotopic (exact) mass is 377 g/mol. The van der Waals surface area contributed by atoms with Crippen molar-refractivity contribution in [2.24, 2.45) is 0 Å². The Hall–Kier alpha value is -1.26. The van der Waals surface area contributed by atoms with Gasteiger partial charge in [0.05, 0.1) is 0 Å². The van der Waals surface area contributed by atoms with Crippen LogP contribution < -0.4 is 0 Å². The zero-order valence-corrected chi connectivity index (χ0v) is 16.1. The molecule has 0 radical (unpaired) electrons. The van der Waals surface area contributed by atoms with Gasteiger partial charge >= 0.3 is 0 Å². The third-order valence-corrected chi connectivity index (χ3v) is 6.98. The summed E-state index contributed by atoms with van der Waals surface area (Å²) in [5, 5.41) is 0. The number of benzene rings is 2. The van der Waals surface area contributed by atoms with E-state index in [0.717, 1.165) is 34.1 Å². The molecule has 1 heterocycles. The van der Waals surface area contributed by atoms with E-state index >= 15 is 0 Å². The number of halogens is 2. The zero-order valence-electron chi connectivity index (χ0n) is 14.5. The average molecular weight is 378 g/mol. The van der Waals surface area contributed by atoms with Crippen LogP contribution in [-0.4, -0.2) is 15.7 Å². The minimum Gasteiger partial charge on any atom is -0.206 e. The molecule has 1 aliphatic rings. The minimum absolute atomic E-state index is 0.148. The van der Waals surface area contributed by atoms with Gasteiger partial charge in [0.15, 0.2) is 17.1 Å². The predicted octanol–water partition coefficient (Wildman–Crippen LogP) is 6.06. The molecular weight excluding hydrogens is 354 g/mol. The van der Waals surface area contributed by atoms with Crippen LogP contribution in [0.3, 0.4) is 0 Å². The summed E-state index contributed by atoms with van der Waals surface area (Å²) in [6.07, 6.45) is 5.77. The van der Waals surface area contributed by atoms with Crippen LogP contribution in [0.1, 0.15) is 43.7 Å². The highest BCUT2D eigenvalue weighted by molar-refractivity contribution is 8.23. The van der Waals surface area contributed by atoms with E-state index in [0.29, 0.717) is 5.56 Å². The Balaban J connectivity index is 1.82. The first-order valence-electron chi connectivity index (χ1n) is 8.90. The summed E-state index contributed by atoms with van der Waals surface area (Å²) in [7, 11) is 0. The first-order chi connectivity index (χ1) is 12.2. The van der Waals surface area contributed by atoms with Crippen molar-refractivity contribution in [3.05, 3.63) is 59.2 Å². The van der Waals surface area contributed by atoms with Gasteiger partial charge in [-0.15, -0.1) is 0 Å². The first-order valence-corrected chi connectivity index (χ1v) is 10.9. The molecule has 0 saturated carbocycles. The number of hydrogen-bond acceptors (Lipinski definition) is 1. The van der Waals surface area contributed by atoms with Crippen molar-refractivity contribution in [3.63, 3.8) is 0 Å². The van der Waals surface area contributed by atoms with Gasteiger partial charge in [0.1, 0.15) is 17.2 Å². The van der Waals surface area contributed by atoms with Crippen molar-refractivity contribution in [1.82, 2.24) is 0 Å². The SMILES string of the molecule is CCCCCc1ccc(-c2cc(F)c(C3=[S+]CCCS3)c(F)c2)cc1. The topological polar surface area (TPSA) is 0 Å². The standard InChI is InChI=1S/C21H23F2S2/c1-2-3-4-6-15-7-9-16(10-8-15)17-13-18(22)20(19(23)14-17)21-24-11-5-12-25-21/h7-10,13-14H,2-6,11-12H2,1H3/q+1. The molecule has 3 rings (SSSR count). The van der Waals surface area contributed by atoms with E-state index < -0.39 is 11.6 Å². The number of aryl methyl sites for hydroxylation is 1. The fraction of sp³-hybridized carbons (Fsp3) is 0.381. The first kappa shape index (κ1) is 18.5. The lowest BCUT2D eigenvalue weighted by molar-refractivity contribution is 0.581. The lowest BCUT2D eigenvalue weighted by Gasteiger charge is -2.09. The molecule has 4 heteroatoms. The quantitative estimate of drug-likeness (QED) is 0.335. The summed E-state index contributed by atoms with van der Waals surface area (Å²) in [5.41, 5.74) is 2.89. The van der Waals surface area contributed by atoms with Crippen LogP contribution >= 0.6 is 11.8 Å². The summed E-state index contributed by atoms with van der Waals surface area (Å²) in [4.78, 5) is 0. The largest absolute Gasteiger partial charge is 0.270 e. The van der Waals surface area contributed by atoms with Crippen LogP contribution in [0.25, 0.3) is 11.1 Å². The second-order valence-electron chi connectivity index (χ2n) is 6.31. The molecule has 0 unspecified atom stereocenters. The number of thioether (sulfide) groups is 1. The molecule has 0 amide bonds. The van der Waals surface area contributed by atoms with Crippen molar-refractivity contribution < 1.29 is 8.78 Å². The fourth-order valence-electron chi connectivity index (χ4n) is 2.95. The lowest BCUT2D eigenvalue weighted by Crippen LogP contribution is -2.11. The molecule has 0 aliphatic carbocycles. The Morgan fingerprint density at radius 2 is 1.72 bits per heavy atom. The van der Waals surface area contributed by atoms with E-state index in [1.54, 1.807) is 23.1 Å². The smallest absolute Gasteiger partial charge is 0.206 e. The Kier molecular flexibility index (Phi) is 6.60. The van der Waals surface area contributed by atoms with Crippen LogP contribution in [0.15, 0.2) is 36.4 Å².